The number of ether oxygens (including phenoxy) is 1. The predicted molar refractivity (Wildman–Crippen MR) is 115 cm³/mol. The Morgan fingerprint density at radius 1 is 1.14 bits per heavy atom. The van der Waals surface area contributed by atoms with Gasteiger partial charge in [0.25, 0.3) is 11.8 Å². The molecule has 1 N–H and O–H groups in total. The second-order valence-corrected chi connectivity index (χ2v) is 7.58. The first-order chi connectivity index (χ1) is 13.4. The number of rotatable bonds is 6. The zero-order valence-electron chi connectivity index (χ0n) is 14.9. The lowest BCUT2D eigenvalue weighted by Crippen LogP contribution is -2.32. The van der Waals surface area contributed by atoms with E-state index in [1.165, 1.54) is 6.07 Å². The summed E-state index contributed by atoms with van der Waals surface area (Å²) >= 11 is 8.30. The van der Waals surface area contributed by atoms with Gasteiger partial charge >= 0.3 is 5.97 Å². The molecule has 1 heterocycles. The van der Waals surface area contributed by atoms with Crippen LogP contribution in [0.4, 0.5) is 11.4 Å². The topological polar surface area (TPSA) is 75.7 Å². The van der Waals surface area contributed by atoms with Crippen LogP contribution in [0.1, 0.15) is 23.7 Å². The number of hydrogen-bond acceptors (Lipinski definition) is 5. The van der Waals surface area contributed by atoms with Gasteiger partial charge in [-0.3, -0.25) is 9.59 Å². The maximum atomic E-state index is 12.8. The van der Waals surface area contributed by atoms with Crippen LogP contribution in [0.2, 0.25) is 0 Å². The largest absolute Gasteiger partial charge is 0.462 e. The highest BCUT2D eigenvalue weighted by molar-refractivity contribution is 14.1. The van der Waals surface area contributed by atoms with Gasteiger partial charge in [-0.15, -0.1) is 0 Å². The second-order valence-electron chi connectivity index (χ2n) is 5.95. The van der Waals surface area contributed by atoms with Crippen molar-refractivity contribution in [3.8, 4) is 0 Å². The van der Waals surface area contributed by atoms with E-state index in [1.54, 1.807) is 30.3 Å². The third kappa shape index (κ3) is 4.20. The molecule has 6 nitrogen and oxygen atoms in total. The zero-order chi connectivity index (χ0) is 20.3. The van der Waals surface area contributed by atoms with Crippen LogP contribution in [-0.4, -0.2) is 24.4 Å². The van der Waals surface area contributed by atoms with Crippen LogP contribution in [0.25, 0.3) is 0 Å². The molecule has 1 aliphatic heterocycles. The molecule has 0 spiro atoms. The number of amides is 2. The molecule has 0 aromatic heterocycles. The molecule has 0 unspecified atom stereocenters. The maximum absolute atomic E-state index is 12.8. The molecule has 0 saturated carbocycles. The Labute approximate surface area is 180 Å². The number of benzene rings is 2. The lowest BCUT2D eigenvalue weighted by atomic mass is 10.2. The first-order valence-corrected chi connectivity index (χ1v) is 9.96. The van der Waals surface area contributed by atoms with Crippen molar-refractivity contribution in [3.63, 3.8) is 0 Å². The molecule has 144 valence electrons. The molecule has 0 saturated heterocycles. The molecule has 0 fully saturated rings. The number of halogens is 2. The number of nitrogens with zero attached hydrogens (tertiary/aromatic N) is 1. The number of carbonyl (C=O) groups excluding carboxylic acids is 3. The molecular weight excluding hydrogens is 495 g/mol. The normalized spacial score (nSPS) is 13.9. The van der Waals surface area contributed by atoms with Gasteiger partial charge in [0.15, 0.2) is 0 Å². The van der Waals surface area contributed by atoms with Crippen molar-refractivity contribution < 1.29 is 19.1 Å². The van der Waals surface area contributed by atoms with E-state index < -0.39 is 17.8 Å². The van der Waals surface area contributed by atoms with Crippen LogP contribution in [0.5, 0.6) is 0 Å². The quantitative estimate of drug-likeness (QED) is 0.356. The van der Waals surface area contributed by atoms with Crippen LogP contribution < -0.4 is 10.2 Å². The Morgan fingerprint density at radius 2 is 1.86 bits per heavy atom. The minimum Gasteiger partial charge on any atom is -0.462 e. The summed E-state index contributed by atoms with van der Waals surface area (Å²) in [5.41, 5.74) is 1.13. The van der Waals surface area contributed by atoms with E-state index in [4.69, 9.17) is 16.3 Å². The van der Waals surface area contributed by atoms with Crippen LogP contribution >= 0.6 is 34.2 Å². The van der Waals surface area contributed by atoms with Gasteiger partial charge in [-0.05, 0) is 71.5 Å². The zero-order valence-corrected chi connectivity index (χ0v) is 17.8. The Kier molecular flexibility index (Phi) is 6.35. The van der Waals surface area contributed by atoms with Gasteiger partial charge in [0.1, 0.15) is 10.7 Å². The Balaban J connectivity index is 1.85. The molecule has 1 aliphatic rings. The van der Waals surface area contributed by atoms with Gasteiger partial charge in [-0.2, -0.15) is 0 Å². The summed E-state index contributed by atoms with van der Waals surface area (Å²) in [5.74, 6) is -1.76. The summed E-state index contributed by atoms with van der Waals surface area (Å²) in [4.78, 5) is 38.4. The number of carbonyl (C=O) groups is 3. The van der Waals surface area contributed by atoms with Gasteiger partial charge in [0.05, 0.1) is 17.9 Å². The number of esters is 1. The number of nitrogens with one attached hydrogen (secondary N) is 1. The standard InChI is InChI=1S/C20H16ClIN2O4/c1-2-10-28-20(27)12-4-3-5-15(11-12)24-18(25)16(21)17(19(24)26)23-14-8-6-13(22)7-9-14/h3-9,11,23H,2,10H2,1H3. The minimum absolute atomic E-state index is 0.00756. The van der Waals surface area contributed by atoms with Crippen LogP contribution in [0.15, 0.2) is 59.3 Å². The van der Waals surface area contributed by atoms with E-state index in [1.807, 2.05) is 19.1 Å². The summed E-state index contributed by atoms with van der Waals surface area (Å²) < 4.78 is 6.14. The summed E-state index contributed by atoms with van der Waals surface area (Å²) in [6.45, 7) is 2.18. The van der Waals surface area contributed by atoms with E-state index in [0.717, 1.165) is 8.47 Å². The fourth-order valence-corrected chi connectivity index (χ4v) is 3.15. The molecule has 0 atom stereocenters. The van der Waals surface area contributed by atoms with E-state index in [0.29, 0.717) is 18.7 Å². The Bertz CT molecular complexity index is 972. The lowest BCUT2D eigenvalue weighted by Gasteiger charge is -2.16. The fourth-order valence-electron chi connectivity index (χ4n) is 2.57. The highest BCUT2D eigenvalue weighted by Crippen LogP contribution is 2.30. The number of anilines is 2. The molecule has 2 aromatic rings. The first kappa shape index (κ1) is 20.3. The van der Waals surface area contributed by atoms with Crippen molar-refractivity contribution in [3.05, 3.63) is 68.4 Å². The Hall–Kier alpha value is -2.39. The van der Waals surface area contributed by atoms with E-state index >= 15 is 0 Å². The van der Waals surface area contributed by atoms with Crippen molar-refractivity contribution in [2.75, 3.05) is 16.8 Å². The van der Waals surface area contributed by atoms with Gasteiger partial charge < -0.3 is 10.1 Å². The fraction of sp³-hybridized carbons (Fsp3) is 0.150. The van der Waals surface area contributed by atoms with Crippen molar-refractivity contribution in [1.82, 2.24) is 0 Å². The van der Waals surface area contributed by atoms with Gasteiger partial charge in [-0.1, -0.05) is 24.6 Å². The van der Waals surface area contributed by atoms with Gasteiger partial charge in [-0.25, -0.2) is 9.69 Å². The third-order valence-electron chi connectivity index (χ3n) is 3.92. The molecule has 2 amide bonds. The Morgan fingerprint density at radius 3 is 2.54 bits per heavy atom. The summed E-state index contributed by atoms with van der Waals surface area (Å²) in [5, 5.41) is 2.70. The summed E-state index contributed by atoms with van der Waals surface area (Å²) in [6.07, 6.45) is 0.696. The average molecular weight is 511 g/mol. The highest BCUT2D eigenvalue weighted by Gasteiger charge is 2.39. The van der Waals surface area contributed by atoms with Gasteiger partial charge in [0.2, 0.25) is 0 Å². The third-order valence-corrected chi connectivity index (χ3v) is 4.99. The molecule has 3 rings (SSSR count). The number of imide groups is 1. The van der Waals surface area contributed by atoms with Crippen LogP contribution in [0, 0.1) is 3.57 Å². The SMILES string of the molecule is CCCOC(=O)c1cccc(N2C(=O)C(Cl)=C(Nc3ccc(I)cc3)C2=O)c1. The molecule has 0 bridgehead atoms. The minimum atomic E-state index is -0.654. The number of hydrogen-bond donors (Lipinski definition) is 1. The predicted octanol–water partition coefficient (Wildman–Crippen LogP) is 4.29. The molecule has 2 aromatic carbocycles. The summed E-state index contributed by atoms with van der Waals surface area (Å²) in [7, 11) is 0. The molecule has 0 radical (unpaired) electrons. The maximum Gasteiger partial charge on any atom is 0.338 e. The van der Waals surface area contributed by atoms with E-state index in [-0.39, 0.29) is 22.0 Å². The van der Waals surface area contributed by atoms with E-state index in [9.17, 15) is 14.4 Å². The second kappa shape index (κ2) is 8.74. The van der Waals surface area contributed by atoms with Crippen molar-refractivity contribution >= 4 is 63.4 Å². The average Bonchev–Trinajstić information content (AvgIpc) is 2.91. The van der Waals surface area contributed by atoms with Crippen molar-refractivity contribution in [2.45, 2.75) is 13.3 Å². The highest BCUT2D eigenvalue weighted by atomic mass is 127. The monoisotopic (exact) mass is 510 g/mol. The lowest BCUT2D eigenvalue weighted by molar-refractivity contribution is -0.120. The van der Waals surface area contributed by atoms with Crippen molar-refractivity contribution in [2.24, 2.45) is 0 Å². The summed E-state index contributed by atoms with van der Waals surface area (Å²) in [6, 6.07) is 13.4. The smallest absolute Gasteiger partial charge is 0.338 e. The van der Waals surface area contributed by atoms with Crippen LogP contribution in [0.3, 0.4) is 0 Å². The van der Waals surface area contributed by atoms with Crippen LogP contribution in [-0.2, 0) is 14.3 Å². The van der Waals surface area contributed by atoms with E-state index in [2.05, 4.69) is 27.9 Å². The molecule has 8 heteroatoms. The molecular formula is C20H16ClIN2O4. The first-order valence-electron chi connectivity index (χ1n) is 8.50. The van der Waals surface area contributed by atoms with Gasteiger partial charge in [0, 0.05) is 9.26 Å². The molecule has 28 heavy (non-hydrogen) atoms. The molecule has 0 aliphatic carbocycles. The van der Waals surface area contributed by atoms with Crippen molar-refractivity contribution in [1.29, 1.82) is 0 Å².